The van der Waals surface area contributed by atoms with Crippen LogP contribution in [-0.2, 0) is 9.53 Å². The molecule has 0 fully saturated rings. The Kier molecular flexibility index (Phi) is 4.24. The summed E-state index contributed by atoms with van der Waals surface area (Å²) in [7, 11) is 1.45. The monoisotopic (exact) mass is 212 g/mol. The lowest BCUT2D eigenvalue weighted by Crippen LogP contribution is -2.16. The van der Waals surface area contributed by atoms with Crippen molar-refractivity contribution in [3.05, 3.63) is 29.6 Å². The molecule has 4 heteroatoms. The fraction of sp³-hybridized carbons (Fsp3) is 0.364. The Labute approximate surface area is 87.8 Å². The van der Waals surface area contributed by atoms with Gasteiger partial charge >= 0.3 is 0 Å². The average Bonchev–Trinajstić information content (AvgIpc) is 2.17. The van der Waals surface area contributed by atoms with Gasteiger partial charge in [-0.3, -0.25) is 4.79 Å². The Balaban J connectivity index is 2.54. The number of carbonyl (C=O) groups excluding carboxylic acids is 1. The number of aryl methyl sites for hydroxylation is 1. The molecule has 3 nitrogen and oxygen atoms in total. The molecule has 0 heterocycles. The summed E-state index contributed by atoms with van der Waals surface area (Å²) in [4.78, 5) is 11.1. The Hall–Kier alpha value is -1.42. The van der Waals surface area contributed by atoms with Crippen LogP contribution in [0.2, 0.25) is 0 Å². The Morgan fingerprint density at radius 2 is 2.13 bits per heavy atom. The van der Waals surface area contributed by atoms with E-state index in [0.29, 0.717) is 11.3 Å². The topological polar surface area (TPSA) is 35.5 Å². The van der Waals surface area contributed by atoms with Crippen molar-refractivity contribution in [3.63, 3.8) is 0 Å². The number of hydrogen-bond donors (Lipinski definition) is 0. The largest absolute Gasteiger partial charge is 0.485 e. The number of ketones is 1. The Morgan fingerprint density at radius 3 is 2.73 bits per heavy atom. The van der Waals surface area contributed by atoms with Crippen molar-refractivity contribution >= 4 is 5.78 Å². The average molecular weight is 212 g/mol. The highest BCUT2D eigenvalue weighted by atomic mass is 19.1. The molecule has 0 radical (unpaired) electrons. The molecule has 15 heavy (non-hydrogen) atoms. The molecule has 0 saturated carbocycles. The van der Waals surface area contributed by atoms with E-state index < -0.39 is 0 Å². The van der Waals surface area contributed by atoms with Gasteiger partial charge in [-0.2, -0.15) is 0 Å². The van der Waals surface area contributed by atoms with Crippen LogP contribution < -0.4 is 4.74 Å². The van der Waals surface area contributed by atoms with Crippen molar-refractivity contribution in [3.8, 4) is 5.75 Å². The molecule has 1 aromatic rings. The summed E-state index contributed by atoms with van der Waals surface area (Å²) in [6.07, 6.45) is 0. The van der Waals surface area contributed by atoms with E-state index in [0.717, 1.165) is 0 Å². The summed E-state index contributed by atoms with van der Waals surface area (Å²) in [5, 5.41) is 0. The molecule has 0 bridgehead atoms. The molecule has 0 atom stereocenters. The van der Waals surface area contributed by atoms with Gasteiger partial charge in [0.2, 0.25) is 0 Å². The van der Waals surface area contributed by atoms with E-state index in [-0.39, 0.29) is 24.8 Å². The molecule has 0 unspecified atom stereocenters. The minimum atomic E-state index is -0.317. The van der Waals surface area contributed by atoms with E-state index in [1.54, 1.807) is 6.92 Å². The Bertz CT molecular complexity index is 350. The SMILES string of the molecule is COCC(=O)COc1ccc(F)cc1C. The van der Waals surface area contributed by atoms with Crippen LogP contribution in [0.4, 0.5) is 4.39 Å². The first kappa shape index (κ1) is 11.7. The van der Waals surface area contributed by atoms with E-state index in [4.69, 9.17) is 4.74 Å². The lowest BCUT2D eigenvalue weighted by Gasteiger charge is -2.07. The fourth-order valence-corrected chi connectivity index (χ4v) is 1.14. The molecule has 82 valence electrons. The van der Waals surface area contributed by atoms with Gasteiger partial charge in [0, 0.05) is 7.11 Å². The lowest BCUT2D eigenvalue weighted by atomic mass is 10.2. The van der Waals surface area contributed by atoms with Crippen LogP contribution in [-0.4, -0.2) is 26.1 Å². The first-order valence-electron chi connectivity index (χ1n) is 4.53. The third-order valence-corrected chi connectivity index (χ3v) is 1.83. The van der Waals surface area contributed by atoms with Crippen LogP contribution >= 0.6 is 0 Å². The van der Waals surface area contributed by atoms with Crippen LogP contribution in [0.15, 0.2) is 18.2 Å². The molecule has 1 rings (SSSR count). The Morgan fingerprint density at radius 1 is 1.40 bits per heavy atom. The molecule has 0 aromatic heterocycles. The van der Waals surface area contributed by atoms with Crippen LogP contribution in [0.25, 0.3) is 0 Å². The maximum atomic E-state index is 12.7. The second kappa shape index (κ2) is 5.46. The van der Waals surface area contributed by atoms with Crippen LogP contribution in [0.3, 0.4) is 0 Å². The second-order valence-corrected chi connectivity index (χ2v) is 3.17. The van der Waals surface area contributed by atoms with E-state index in [9.17, 15) is 9.18 Å². The highest BCUT2D eigenvalue weighted by Crippen LogP contribution is 2.18. The van der Waals surface area contributed by atoms with Gasteiger partial charge in [-0.25, -0.2) is 4.39 Å². The highest BCUT2D eigenvalue weighted by molar-refractivity contribution is 5.81. The molecule has 0 aliphatic carbocycles. The van der Waals surface area contributed by atoms with Gasteiger partial charge < -0.3 is 9.47 Å². The third-order valence-electron chi connectivity index (χ3n) is 1.83. The van der Waals surface area contributed by atoms with Gasteiger partial charge in [-0.05, 0) is 30.7 Å². The predicted octanol–water partition coefficient (Wildman–Crippen LogP) is 1.73. The van der Waals surface area contributed by atoms with Gasteiger partial charge in [-0.1, -0.05) is 0 Å². The first-order valence-corrected chi connectivity index (χ1v) is 4.53. The molecule has 1 aromatic carbocycles. The summed E-state index contributed by atoms with van der Waals surface area (Å²) in [5.74, 6) is 0.0464. The van der Waals surface area contributed by atoms with Gasteiger partial charge in [0.15, 0.2) is 5.78 Å². The van der Waals surface area contributed by atoms with Crippen molar-refractivity contribution in [2.24, 2.45) is 0 Å². The number of hydrogen-bond acceptors (Lipinski definition) is 3. The maximum absolute atomic E-state index is 12.7. The van der Waals surface area contributed by atoms with E-state index in [2.05, 4.69) is 4.74 Å². The summed E-state index contributed by atoms with van der Waals surface area (Å²) >= 11 is 0. The molecule has 0 N–H and O–H groups in total. The second-order valence-electron chi connectivity index (χ2n) is 3.17. The third kappa shape index (κ3) is 3.67. The molecule has 0 aliphatic rings. The molecule has 0 aliphatic heterocycles. The number of benzene rings is 1. The van der Waals surface area contributed by atoms with Crippen molar-refractivity contribution in [1.82, 2.24) is 0 Å². The van der Waals surface area contributed by atoms with Crippen LogP contribution in [0.1, 0.15) is 5.56 Å². The lowest BCUT2D eigenvalue weighted by molar-refractivity contribution is -0.124. The van der Waals surface area contributed by atoms with Crippen molar-refractivity contribution in [2.45, 2.75) is 6.92 Å². The quantitative estimate of drug-likeness (QED) is 0.745. The highest BCUT2D eigenvalue weighted by Gasteiger charge is 2.05. The number of Topliss-reactive ketones (excluding diaryl/α,β-unsaturated/α-hetero) is 1. The molecule has 0 amide bonds. The maximum Gasteiger partial charge on any atom is 0.195 e. The summed E-state index contributed by atoms with van der Waals surface area (Å²) < 4.78 is 22.6. The fourth-order valence-electron chi connectivity index (χ4n) is 1.14. The number of halogens is 1. The van der Waals surface area contributed by atoms with E-state index in [1.807, 2.05) is 0 Å². The van der Waals surface area contributed by atoms with Crippen molar-refractivity contribution in [2.75, 3.05) is 20.3 Å². The molecule has 0 saturated heterocycles. The predicted molar refractivity (Wildman–Crippen MR) is 53.5 cm³/mol. The van der Waals surface area contributed by atoms with Gasteiger partial charge in [-0.15, -0.1) is 0 Å². The van der Waals surface area contributed by atoms with Crippen LogP contribution in [0.5, 0.6) is 5.75 Å². The zero-order valence-electron chi connectivity index (χ0n) is 8.75. The minimum Gasteiger partial charge on any atom is -0.485 e. The van der Waals surface area contributed by atoms with Crippen molar-refractivity contribution < 1.29 is 18.7 Å². The zero-order chi connectivity index (χ0) is 11.3. The number of rotatable bonds is 5. The molecular formula is C11H13FO3. The minimum absolute atomic E-state index is 0.0280. The van der Waals surface area contributed by atoms with Gasteiger partial charge in [0.05, 0.1) is 0 Å². The zero-order valence-corrected chi connectivity index (χ0v) is 8.75. The summed E-state index contributed by atoms with van der Waals surface area (Å²) in [6, 6.07) is 4.16. The standard InChI is InChI=1S/C11H13FO3/c1-8-5-9(12)3-4-11(8)15-7-10(13)6-14-2/h3-5H,6-7H2,1-2H3. The summed E-state index contributed by atoms with van der Waals surface area (Å²) in [5.41, 5.74) is 0.667. The molecule has 0 spiro atoms. The number of methoxy groups -OCH3 is 1. The van der Waals surface area contributed by atoms with E-state index >= 15 is 0 Å². The van der Waals surface area contributed by atoms with Crippen molar-refractivity contribution in [1.29, 1.82) is 0 Å². The number of ether oxygens (including phenoxy) is 2. The smallest absolute Gasteiger partial charge is 0.195 e. The first-order chi connectivity index (χ1) is 7.13. The normalized spacial score (nSPS) is 10.1. The number of carbonyl (C=O) groups is 1. The molecular weight excluding hydrogens is 199 g/mol. The van der Waals surface area contributed by atoms with Gasteiger partial charge in [0.1, 0.15) is 24.8 Å². The van der Waals surface area contributed by atoms with Crippen LogP contribution in [0, 0.1) is 12.7 Å². The van der Waals surface area contributed by atoms with Gasteiger partial charge in [0.25, 0.3) is 0 Å². The van der Waals surface area contributed by atoms with E-state index in [1.165, 1.54) is 25.3 Å². The summed E-state index contributed by atoms with van der Waals surface area (Å²) in [6.45, 7) is 1.69.